The first kappa shape index (κ1) is 20.0. The minimum Gasteiger partial charge on any atom is -0.413 e. The smallest absolute Gasteiger partial charge is 0.296 e. The van der Waals surface area contributed by atoms with E-state index < -0.39 is 18.4 Å². The summed E-state index contributed by atoms with van der Waals surface area (Å²) < 4.78 is 42.5. The van der Waals surface area contributed by atoms with E-state index in [1.165, 1.54) is 0 Å². The van der Waals surface area contributed by atoms with Gasteiger partial charge in [0.1, 0.15) is 0 Å². The molecule has 2 aliphatic rings. The largest absolute Gasteiger partial charge is 0.413 e. The van der Waals surface area contributed by atoms with Crippen LogP contribution in [-0.2, 0) is 23.5 Å². The lowest BCUT2D eigenvalue weighted by molar-refractivity contribution is 0.0574. The topological polar surface area (TPSA) is 65.1 Å². The van der Waals surface area contributed by atoms with Gasteiger partial charge in [-0.25, -0.2) is 0 Å². The molecule has 1 saturated carbocycles. The van der Waals surface area contributed by atoms with E-state index in [1.807, 2.05) is 6.92 Å². The van der Waals surface area contributed by atoms with Crippen molar-refractivity contribution in [1.29, 1.82) is 0 Å². The molecular formula is C19H30O5SSi. The number of benzene rings is 1. The predicted molar refractivity (Wildman–Crippen MR) is 103 cm³/mol. The maximum absolute atomic E-state index is 12.5. The van der Waals surface area contributed by atoms with Crippen molar-refractivity contribution in [3.05, 3.63) is 29.8 Å². The summed E-state index contributed by atoms with van der Waals surface area (Å²) in [5, 5.41) is 0.111. The molecule has 1 saturated heterocycles. The highest BCUT2D eigenvalue weighted by molar-refractivity contribution is 7.86. The second-order valence-corrected chi connectivity index (χ2v) is 15.4. The first-order chi connectivity index (χ1) is 11.9. The molecule has 0 amide bonds. The van der Waals surface area contributed by atoms with E-state index in [-0.39, 0.29) is 40.8 Å². The summed E-state index contributed by atoms with van der Waals surface area (Å²) in [6.45, 7) is 13.1. The Morgan fingerprint density at radius 3 is 2.38 bits per heavy atom. The monoisotopic (exact) mass is 398 g/mol. The first-order valence-corrected chi connectivity index (χ1v) is 13.5. The van der Waals surface area contributed by atoms with Crippen LogP contribution < -0.4 is 0 Å². The lowest BCUT2D eigenvalue weighted by Gasteiger charge is -2.40. The molecule has 1 aliphatic heterocycles. The van der Waals surface area contributed by atoms with Crippen molar-refractivity contribution >= 4 is 18.4 Å². The fraction of sp³-hybridized carbons (Fsp3) is 0.684. The molecule has 0 radical (unpaired) electrons. The van der Waals surface area contributed by atoms with Gasteiger partial charge in [0.25, 0.3) is 10.1 Å². The van der Waals surface area contributed by atoms with E-state index >= 15 is 0 Å². The van der Waals surface area contributed by atoms with Gasteiger partial charge in [-0.3, -0.25) is 4.18 Å². The summed E-state index contributed by atoms with van der Waals surface area (Å²) in [5.41, 5.74) is 1.01. The lowest BCUT2D eigenvalue weighted by atomic mass is 10.1. The minimum atomic E-state index is -3.76. The Labute approximate surface area is 158 Å². The molecule has 146 valence electrons. The quantitative estimate of drug-likeness (QED) is 0.413. The fourth-order valence-corrected chi connectivity index (χ4v) is 5.50. The molecule has 1 aromatic rings. The molecule has 1 heterocycles. The zero-order chi connectivity index (χ0) is 19.3. The van der Waals surface area contributed by atoms with E-state index in [4.69, 9.17) is 13.3 Å². The number of epoxide rings is 1. The van der Waals surface area contributed by atoms with Gasteiger partial charge in [-0.15, -0.1) is 0 Å². The summed E-state index contributed by atoms with van der Waals surface area (Å²) in [7, 11) is -5.69. The van der Waals surface area contributed by atoms with Crippen LogP contribution in [0.4, 0.5) is 0 Å². The van der Waals surface area contributed by atoms with Gasteiger partial charge >= 0.3 is 0 Å². The summed E-state index contributed by atoms with van der Waals surface area (Å²) in [4.78, 5) is 0.191. The highest BCUT2D eigenvalue weighted by Crippen LogP contribution is 2.48. The Balaban J connectivity index is 1.67. The highest BCUT2D eigenvalue weighted by Gasteiger charge is 2.58. The van der Waals surface area contributed by atoms with Gasteiger partial charge in [0.2, 0.25) is 0 Å². The van der Waals surface area contributed by atoms with Gasteiger partial charge in [0, 0.05) is 12.3 Å². The van der Waals surface area contributed by atoms with E-state index in [9.17, 15) is 8.42 Å². The molecule has 7 heteroatoms. The third-order valence-electron chi connectivity index (χ3n) is 5.96. The minimum absolute atomic E-state index is 0.00728. The summed E-state index contributed by atoms with van der Waals surface area (Å²) >= 11 is 0. The first-order valence-electron chi connectivity index (χ1n) is 9.20. The molecule has 1 aromatic carbocycles. The molecule has 0 aromatic heterocycles. The molecule has 0 bridgehead atoms. The lowest BCUT2D eigenvalue weighted by Crippen LogP contribution is -2.46. The molecule has 5 nitrogen and oxygen atoms in total. The van der Waals surface area contributed by atoms with Gasteiger partial charge in [-0.2, -0.15) is 8.42 Å². The summed E-state index contributed by atoms with van der Waals surface area (Å²) in [6.07, 6.45) is 1.10. The van der Waals surface area contributed by atoms with Crippen molar-refractivity contribution < 1.29 is 21.8 Å². The van der Waals surface area contributed by atoms with Crippen molar-refractivity contribution in [3.8, 4) is 0 Å². The van der Waals surface area contributed by atoms with Gasteiger partial charge < -0.3 is 9.16 Å². The molecule has 2 fully saturated rings. The number of rotatable bonds is 6. The zero-order valence-corrected chi connectivity index (χ0v) is 18.3. The van der Waals surface area contributed by atoms with E-state index in [0.717, 1.165) is 12.0 Å². The second kappa shape index (κ2) is 6.70. The molecule has 4 atom stereocenters. The average molecular weight is 399 g/mol. The van der Waals surface area contributed by atoms with Crippen LogP contribution >= 0.6 is 0 Å². The zero-order valence-electron chi connectivity index (χ0n) is 16.5. The van der Waals surface area contributed by atoms with E-state index in [0.29, 0.717) is 0 Å². The summed E-state index contributed by atoms with van der Waals surface area (Å²) in [6, 6.07) is 6.71. The van der Waals surface area contributed by atoms with Gasteiger partial charge in [-0.05, 0) is 37.2 Å². The average Bonchev–Trinajstić information content (AvgIpc) is 3.18. The molecule has 4 unspecified atom stereocenters. The van der Waals surface area contributed by atoms with Crippen molar-refractivity contribution in [2.24, 2.45) is 5.92 Å². The number of aryl methyl sites for hydroxylation is 1. The Hall–Kier alpha value is -0.733. The summed E-state index contributed by atoms with van der Waals surface area (Å²) in [5.74, 6) is -0.0330. The van der Waals surface area contributed by atoms with Gasteiger partial charge in [-0.1, -0.05) is 38.5 Å². The Kier molecular flexibility index (Phi) is 5.16. The SMILES string of the molecule is Cc1ccc(S(=O)(=O)OCC2C(O[Si](C)(C)C(C)(C)C)CC3OC32)cc1. The maximum atomic E-state index is 12.5. The Morgan fingerprint density at radius 2 is 1.81 bits per heavy atom. The van der Waals surface area contributed by atoms with Crippen LogP contribution in [0.1, 0.15) is 32.8 Å². The van der Waals surface area contributed by atoms with Crippen LogP contribution in [0.3, 0.4) is 0 Å². The van der Waals surface area contributed by atoms with Crippen LogP contribution in [0.2, 0.25) is 18.1 Å². The van der Waals surface area contributed by atoms with Crippen molar-refractivity contribution in [2.75, 3.05) is 6.61 Å². The van der Waals surface area contributed by atoms with Crippen molar-refractivity contribution in [1.82, 2.24) is 0 Å². The number of fused-ring (bicyclic) bond motifs is 1. The Morgan fingerprint density at radius 1 is 1.19 bits per heavy atom. The van der Waals surface area contributed by atoms with Crippen LogP contribution in [0.15, 0.2) is 29.2 Å². The molecule has 3 rings (SSSR count). The van der Waals surface area contributed by atoms with Gasteiger partial charge in [0.05, 0.1) is 29.8 Å². The number of hydrogen-bond acceptors (Lipinski definition) is 5. The molecular weight excluding hydrogens is 368 g/mol. The third kappa shape index (κ3) is 4.07. The molecule has 0 spiro atoms. The Bertz CT molecular complexity index is 751. The third-order valence-corrected chi connectivity index (χ3v) is 11.8. The van der Waals surface area contributed by atoms with E-state index in [2.05, 4.69) is 33.9 Å². The van der Waals surface area contributed by atoms with Gasteiger partial charge in [0.15, 0.2) is 8.32 Å². The highest BCUT2D eigenvalue weighted by atomic mass is 32.2. The van der Waals surface area contributed by atoms with Crippen LogP contribution in [0.25, 0.3) is 0 Å². The van der Waals surface area contributed by atoms with Crippen LogP contribution in [0, 0.1) is 12.8 Å². The maximum Gasteiger partial charge on any atom is 0.296 e. The normalized spacial score (nSPS) is 28.8. The van der Waals surface area contributed by atoms with E-state index in [1.54, 1.807) is 24.3 Å². The van der Waals surface area contributed by atoms with Crippen molar-refractivity contribution in [3.63, 3.8) is 0 Å². The second-order valence-electron chi connectivity index (χ2n) is 9.01. The van der Waals surface area contributed by atoms with Crippen LogP contribution in [-0.4, -0.2) is 41.7 Å². The molecule has 26 heavy (non-hydrogen) atoms. The molecule has 1 aliphatic carbocycles. The van der Waals surface area contributed by atoms with Crippen LogP contribution in [0.5, 0.6) is 0 Å². The molecule has 0 N–H and O–H groups in total. The van der Waals surface area contributed by atoms with Crippen molar-refractivity contribution in [2.45, 2.75) is 75.5 Å². The number of hydrogen-bond donors (Lipinski definition) is 0. The standard InChI is InChI=1S/C19H30O5SSi/c1-13-7-9-14(10-8-13)25(20,21)22-12-15-16(11-17-18(15)23-17)24-26(5,6)19(2,3)4/h7-10,15-18H,11-12H2,1-6H3. The fourth-order valence-electron chi connectivity index (χ4n) is 3.17. The predicted octanol–water partition coefficient (Wildman–Crippen LogP) is 3.88. The number of ether oxygens (including phenoxy) is 1.